The molecule has 0 bridgehead atoms. The van der Waals surface area contributed by atoms with Gasteiger partial charge in [-0.2, -0.15) is 0 Å². The largest absolute Gasteiger partial charge is 0.514 e. The van der Waals surface area contributed by atoms with Crippen LogP contribution in [0.2, 0.25) is 0 Å². The van der Waals surface area contributed by atoms with Gasteiger partial charge in [-0.05, 0) is 17.9 Å². The van der Waals surface area contributed by atoms with E-state index in [-0.39, 0.29) is 0 Å². The maximum Gasteiger partial charge on any atom is 0.0991 e. The molecule has 3 heteroatoms. The summed E-state index contributed by atoms with van der Waals surface area (Å²) in [5.74, 6) is 2.33. The van der Waals surface area contributed by atoms with Gasteiger partial charge in [-0.25, -0.2) is 0 Å². The highest BCUT2D eigenvalue weighted by Gasteiger charge is 2.04. The highest BCUT2D eigenvalue weighted by Crippen LogP contribution is 2.33. The van der Waals surface area contributed by atoms with Crippen molar-refractivity contribution in [2.24, 2.45) is 0 Å². The van der Waals surface area contributed by atoms with Gasteiger partial charge in [0.05, 0.1) is 10.5 Å². The molecular weight excluding hydrogens is 140 g/mol. The lowest BCUT2D eigenvalue weighted by Crippen LogP contribution is -1.90. The van der Waals surface area contributed by atoms with Crippen LogP contribution < -0.4 is 0 Å². The fourth-order valence-corrected chi connectivity index (χ4v) is 2.67. The second-order valence-corrected chi connectivity index (χ2v) is 4.03. The fraction of sp³-hybridized carbons (Fsp3) is 0.600. The molecule has 1 rings (SSSR count). The molecule has 46 valence electrons. The van der Waals surface area contributed by atoms with Crippen LogP contribution in [0.1, 0.15) is 6.42 Å². The highest BCUT2D eigenvalue weighted by molar-refractivity contribution is 8.22. The molecule has 0 aliphatic carbocycles. The molecule has 0 amide bonds. The molecule has 1 nitrogen and oxygen atoms in total. The summed E-state index contributed by atoms with van der Waals surface area (Å²) in [6.45, 7) is 0. The third-order valence-electron chi connectivity index (χ3n) is 0.883. The van der Waals surface area contributed by atoms with E-state index in [2.05, 4.69) is 0 Å². The van der Waals surface area contributed by atoms with Gasteiger partial charge in [0, 0.05) is 0 Å². The van der Waals surface area contributed by atoms with Crippen molar-refractivity contribution >= 4 is 23.5 Å². The van der Waals surface area contributed by atoms with E-state index in [0.29, 0.717) is 0 Å². The first kappa shape index (κ1) is 6.36. The van der Waals surface area contributed by atoms with Crippen LogP contribution in [0.25, 0.3) is 0 Å². The fourth-order valence-electron chi connectivity index (χ4n) is 0.521. The van der Waals surface area contributed by atoms with E-state index >= 15 is 0 Å². The third kappa shape index (κ3) is 1.63. The Labute approximate surface area is 57.5 Å². The van der Waals surface area contributed by atoms with E-state index in [1.54, 1.807) is 23.5 Å². The predicted molar refractivity (Wildman–Crippen MR) is 40.2 cm³/mol. The molecule has 1 fully saturated rings. The molecule has 0 saturated carbocycles. The Morgan fingerprint density at radius 1 is 1.38 bits per heavy atom. The van der Waals surface area contributed by atoms with Crippen molar-refractivity contribution in [3.63, 3.8) is 0 Å². The van der Waals surface area contributed by atoms with Gasteiger partial charge in [0.2, 0.25) is 0 Å². The summed E-state index contributed by atoms with van der Waals surface area (Å²) < 4.78 is 1.07. The molecule has 1 N–H and O–H groups in total. The molecule has 1 aliphatic rings. The minimum atomic E-state index is 1.07. The van der Waals surface area contributed by atoms with Gasteiger partial charge in [0.15, 0.2) is 0 Å². The van der Waals surface area contributed by atoms with Crippen LogP contribution in [-0.2, 0) is 0 Å². The summed E-state index contributed by atoms with van der Waals surface area (Å²) in [4.78, 5) is 0. The van der Waals surface area contributed by atoms with Crippen molar-refractivity contribution in [2.75, 3.05) is 11.5 Å². The van der Waals surface area contributed by atoms with E-state index < -0.39 is 0 Å². The first-order valence-electron chi connectivity index (χ1n) is 2.53. The highest BCUT2D eigenvalue weighted by atomic mass is 32.2. The predicted octanol–water partition coefficient (Wildman–Crippen LogP) is 2.21. The molecule has 1 saturated heterocycles. The van der Waals surface area contributed by atoms with Gasteiger partial charge in [0.1, 0.15) is 0 Å². The van der Waals surface area contributed by atoms with Gasteiger partial charge < -0.3 is 5.11 Å². The third-order valence-corrected chi connectivity index (χ3v) is 3.36. The minimum absolute atomic E-state index is 1.07. The van der Waals surface area contributed by atoms with Crippen LogP contribution in [-0.4, -0.2) is 16.6 Å². The first-order valence-corrected chi connectivity index (χ1v) is 4.50. The number of aliphatic hydroxyl groups excluding tert-OH is 1. The lowest BCUT2D eigenvalue weighted by Gasteiger charge is -2.09. The average molecular weight is 148 g/mol. The Balaban J connectivity index is 2.33. The van der Waals surface area contributed by atoms with Crippen LogP contribution in [0.15, 0.2) is 10.5 Å². The van der Waals surface area contributed by atoms with Crippen molar-refractivity contribution in [3.05, 3.63) is 10.5 Å². The smallest absolute Gasteiger partial charge is 0.0991 e. The van der Waals surface area contributed by atoms with E-state index in [9.17, 15) is 0 Å². The summed E-state index contributed by atoms with van der Waals surface area (Å²) in [6.07, 6.45) is 2.47. The Bertz CT molecular complexity index is 92.6. The number of thioether (sulfide) groups is 2. The van der Waals surface area contributed by atoms with E-state index in [4.69, 9.17) is 5.11 Å². The van der Waals surface area contributed by atoms with Crippen molar-refractivity contribution in [2.45, 2.75) is 6.42 Å². The normalized spacial score (nSPS) is 20.8. The standard InChI is InChI=1S/C5H8OS2/c6-4-5-7-2-1-3-8-5/h4,6H,1-3H2. The molecule has 0 aromatic heterocycles. The molecule has 0 unspecified atom stereocenters. The number of hydrogen-bond acceptors (Lipinski definition) is 3. The summed E-state index contributed by atoms with van der Waals surface area (Å²) in [5, 5.41) is 8.49. The molecule has 0 aromatic rings. The Hall–Kier alpha value is 0.240. The number of rotatable bonds is 0. The Morgan fingerprint density at radius 3 is 2.38 bits per heavy atom. The molecule has 8 heavy (non-hydrogen) atoms. The molecule has 1 heterocycles. The molecule has 0 atom stereocenters. The lowest BCUT2D eigenvalue weighted by atomic mass is 10.6. The van der Waals surface area contributed by atoms with Crippen molar-refractivity contribution in [1.82, 2.24) is 0 Å². The average Bonchev–Trinajstić information content (AvgIpc) is 1.90. The second kappa shape index (κ2) is 3.30. The lowest BCUT2D eigenvalue weighted by molar-refractivity contribution is 0.474. The quantitative estimate of drug-likeness (QED) is 0.532. The minimum Gasteiger partial charge on any atom is -0.514 e. The maximum absolute atomic E-state index is 8.49. The monoisotopic (exact) mass is 148 g/mol. The Morgan fingerprint density at radius 2 is 2.00 bits per heavy atom. The van der Waals surface area contributed by atoms with Gasteiger partial charge >= 0.3 is 0 Å². The van der Waals surface area contributed by atoms with E-state index in [1.165, 1.54) is 24.2 Å². The van der Waals surface area contributed by atoms with Crippen LogP contribution >= 0.6 is 23.5 Å². The van der Waals surface area contributed by atoms with Gasteiger partial charge in [0.25, 0.3) is 0 Å². The summed E-state index contributed by atoms with van der Waals surface area (Å²) >= 11 is 3.47. The second-order valence-electron chi connectivity index (χ2n) is 1.50. The van der Waals surface area contributed by atoms with Gasteiger partial charge in [-0.3, -0.25) is 0 Å². The van der Waals surface area contributed by atoms with Crippen molar-refractivity contribution in [1.29, 1.82) is 0 Å². The molecule has 0 spiro atoms. The van der Waals surface area contributed by atoms with E-state index in [1.807, 2.05) is 0 Å². The summed E-state index contributed by atoms with van der Waals surface area (Å²) in [5.41, 5.74) is 0. The maximum atomic E-state index is 8.49. The molecule has 0 aromatic carbocycles. The Kier molecular flexibility index (Phi) is 2.63. The topological polar surface area (TPSA) is 20.2 Å². The zero-order valence-corrected chi connectivity index (χ0v) is 6.10. The molecule has 0 radical (unpaired) electrons. The zero-order valence-electron chi connectivity index (χ0n) is 4.46. The van der Waals surface area contributed by atoms with Crippen LogP contribution in [0, 0.1) is 0 Å². The van der Waals surface area contributed by atoms with Crippen molar-refractivity contribution < 1.29 is 5.11 Å². The van der Waals surface area contributed by atoms with Crippen molar-refractivity contribution in [3.8, 4) is 0 Å². The van der Waals surface area contributed by atoms with Crippen LogP contribution in [0.3, 0.4) is 0 Å². The summed E-state index contributed by atoms with van der Waals surface area (Å²) in [7, 11) is 0. The number of hydrogen-bond donors (Lipinski definition) is 1. The van der Waals surface area contributed by atoms with Crippen LogP contribution in [0.4, 0.5) is 0 Å². The first-order chi connectivity index (χ1) is 3.93. The molecular formula is C5H8OS2. The molecule has 1 aliphatic heterocycles. The van der Waals surface area contributed by atoms with Crippen LogP contribution in [0.5, 0.6) is 0 Å². The number of aliphatic hydroxyl groups is 1. The summed E-state index contributed by atoms with van der Waals surface area (Å²) in [6, 6.07) is 0. The zero-order chi connectivity index (χ0) is 5.82. The van der Waals surface area contributed by atoms with E-state index in [0.717, 1.165) is 4.24 Å². The van der Waals surface area contributed by atoms with Gasteiger partial charge in [-0.15, -0.1) is 23.5 Å². The SMILES string of the molecule is OC=C1SCCCS1. The van der Waals surface area contributed by atoms with Gasteiger partial charge in [-0.1, -0.05) is 0 Å².